The van der Waals surface area contributed by atoms with Crippen LogP contribution in [0.15, 0.2) is 23.2 Å². The van der Waals surface area contributed by atoms with Crippen molar-refractivity contribution in [3.05, 3.63) is 29.6 Å². The standard InChI is InChI=1S/C17H27FN4O.HI/c1-4-22-9-5-6-14(22)12-21(3)17(19-2)20-11-13-7-8-16(23)15(18)10-13;/h7-8,10,14,23H,4-6,9,11-12H2,1-3H3,(H,19,20);1H. The average Bonchev–Trinajstić information content (AvgIpc) is 2.98. The van der Waals surface area contributed by atoms with Gasteiger partial charge in [0.1, 0.15) is 0 Å². The van der Waals surface area contributed by atoms with Crippen LogP contribution in [-0.2, 0) is 6.54 Å². The third-order valence-corrected chi connectivity index (χ3v) is 4.43. The first-order valence-electron chi connectivity index (χ1n) is 8.18. The van der Waals surface area contributed by atoms with Crippen molar-refractivity contribution in [1.82, 2.24) is 15.1 Å². The molecular formula is C17H28FIN4O. The van der Waals surface area contributed by atoms with Crippen molar-refractivity contribution in [3.8, 4) is 5.75 Å². The highest BCUT2D eigenvalue weighted by molar-refractivity contribution is 14.0. The fourth-order valence-corrected chi connectivity index (χ4v) is 3.15. The molecule has 1 aromatic carbocycles. The molecule has 0 radical (unpaired) electrons. The number of nitrogens with zero attached hydrogens (tertiary/aromatic N) is 3. The maximum atomic E-state index is 13.4. The highest BCUT2D eigenvalue weighted by Gasteiger charge is 2.24. The van der Waals surface area contributed by atoms with Crippen molar-refractivity contribution in [2.45, 2.75) is 32.4 Å². The van der Waals surface area contributed by atoms with Gasteiger partial charge in [-0.05, 0) is 43.6 Å². The molecule has 0 amide bonds. The lowest BCUT2D eigenvalue weighted by Gasteiger charge is -2.29. The Hall–Kier alpha value is -1.09. The van der Waals surface area contributed by atoms with Gasteiger partial charge in [0.25, 0.3) is 0 Å². The monoisotopic (exact) mass is 450 g/mol. The molecule has 1 aliphatic heterocycles. The Bertz CT molecular complexity index is 555. The van der Waals surface area contributed by atoms with Gasteiger partial charge in [0.2, 0.25) is 0 Å². The zero-order valence-corrected chi connectivity index (χ0v) is 17.0. The molecule has 0 saturated carbocycles. The summed E-state index contributed by atoms with van der Waals surface area (Å²) in [5.74, 6) is -0.130. The maximum Gasteiger partial charge on any atom is 0.193 e. The predicted molar refractivity (Wildman–Crippen MR) is 107 cm³/mol. The van der Waals surface area contributed by atoms with Crippen molar-refractivity contribution in [2.24, 2.45) is 4.99 Å². The summed E-state index contributed by atoms with van der Waals surface area (Å²) in [5, 5.41) is 12.5. The van der Waals surface area contributed by atoms with E-state index in [-0.39, 0.29) is 29.7 Å². The third-order valence-electron chi connectivity index (χ3n) is 4.43. The number of benzene rings is 1. The molecule has 7 heteroatoms. The number of aliphatic imine (C=N–C) groups is 1. The molecule has 5 nitrogen and oxygen atoms in total. The SMILES string of the molecule is CCN1CCCC1CN(C)C(=NC)NCc1ccc(O)c(F)c1.I. The van der Waals surface area contributed by atoms with Gasteiger partial charge in [-0.2, -0.15) is 0 Å². The third kappa shape index (κ3) is 5.47. The molecule has 2 N–H and O–H groups in total. The number of aromatic hydroxyl groups is 1. The molecule has 1 saturated heterocycles. The quantitative estimate of drug-likeness (QED) is 0.412. The summed E-state index contributed by atoms with van der Waals surface area (Å²) in [5.41, 5.74) is 0.769. The first-order chi connectivity index (χ1) is 11.0. The van der Waals surface area contributed by atoms with Crippen LogP contribution in [0.25, 0.3) is 0 Å². The number of phenolic OH excluding ortho intramolecular Hbond substituents is 1. The molecule has 1 aliphatic rings. The fraction of sp³-hybridized carbons (Fsp3) is 0.588. The van der Waals surface area contributed by atoms with Crippen molar-refractivity contribution in [1.29, 1.82) is 0 Å². The summed E-state index contributed by atoms with van der Waals surface area (Å²) in [6.45, 7) is 5.85. The van der Waals surface area contributed by atoms with Crippen LogP contribution in [0.4, 0.5) is 4.39 Å². The largest absolute Gasteiger partial charge is 0.505 e. The minimum absolute atomic E-state index is 0. The van der Waals surface area contributed by atoms with E-state index in [9.17, 15) is 9.50 Å². The smallest absolute Gasteiger partial charge is 0.193 e. The summed E-state index contributed by atoms with van der Waals surface area (Å²) < 4.78 is 13.4. The van der Waals surface area contributed by atoms with E-state index in [4.69, 9.17) is 0 Å². The lowest BCUT2D eigenvalue weighted by molar-refractivity contribution is 0.232. The van der Waals surface area contributed by atoms with E-state index in [0.29, 0.717) is 12.6 Å². The Morgan fingerprint density at radius 1 is 1.50 bits per heavy atom. The van der Waals surface area contributed by atoms with E-state index in [2.05, 4.69) is 27.0 Å². The van der Waals surface area contributed by atoms with E-state index < -0.39 is 5.82 Å². The minimum atomic E-state index is -0.600. The first kappa shape index (κ1) is 21.0. The first-order valence-corrected chi connectivity index (χ1v) is 8.18. The summed E-state index contributed by atoms with van der Waals surface area (Å²) in [6, 6.07) is 4.98. The Kier molecular flexibility index (Phi) is 8.75. The Balaban J connectivity index is 0.00000288. The number of likely N-dealkylation sites (N-methyl/N-ethyl adjacent to an activating group) is 2. The van der Waals surface area contributed by atoms with E-state index in [1.807, 2.05) is 7.05 Å². The van der Waals surface area contributed by atoms with Crippen LogP contribution >= 0.6 is 24.0 Å². The van der Waals surface area contributed by atoms with Gasteiger partial charge in [-0.1, -0.05) is 13.0 Å². The van der Waals surface area contributed by atoms with Crippen molar-refractivity contribution in [2.75, 3.05) is 33.7 Å². The Morgan fingerprint density at radius 2 is 2.25 bits per heavy atom. The molecule has 24 heavy (non-hydrogen) atoms. The molecule has 2 rings (SSSR count). The van der Waals surface area contributed by atoms with Gasteiger partial charge < -0.3 is 15.3 Å². The van der Waals surface area contributed by atoms with Gasteiger partial charge >= 0.3 is 0 Å². The van der Waals surface area contributed by atoms with Gasteiger partial charge in [0.15, 0.2) is 17.5 Å². The topological polar surface area (TPSA) is 51.1 Å². The summed E-state index contributed by atoms with van der Waals surface area (Å²) in [7, 11) is 3.78. The van der Waals surface area contributed by atoms with Crippen LogP contribution in [0.1, 0.15) is 25.3 Å². The van der Waals surface area contributed by atoms with Crippen LogP contribution in [-0.4, -0.2) is 60.6 Å². The Morgan fingerprint density at radius 3 is 2.88 bits per heavy atom. The van der Waals surface area contributed by atoms with Crippen LogP contribution in [0.5, 0.6) is 5.75 Å². The number of likely N-dealkylation sites (tertiary alicyclic amines) is 1. The summed E-state index contributed by atoms with van der Waals surface area (Å²) >= 11 is 0. The number of nitrogens with one attached hydrogen (secondary N) is 1. The number of hydrogen-bond donors (Lipinski definition) is 2. The van der Waals surface area contributed by atoms with Gasteiger partial charge in [-0.15, -0.1) is 24.0 Å². The van der Waals surface area contributed by atoms with Crippen LogP contribution in [0, 0.1) is 5.82 Å². The molecule has 1 atom stereocenters. The van der Waals surface area contributed by atoms with Crippen molar-refractivity contribution in [3.63, 3.8) is 0 Å². The van der Waals surface area contributed by atoms with Gasteiger partial charge in [-0.25, -0.2) is 4.39 Å². The molecule has 136 valence electrons. The molecule has 0 aliphatic carbocycles. The number of guanidine groups is 1. The number of phenols is 1. The number of hydrogen-bond acceptors (Lipinski definition) is 3. The normalized spacial score (nSPS) is 18.3. The van der Waals surface area contributed by atoms with Crippen LogP contribution in [0.2, 0.25) is 0 Å². The molecular weight excluding hydrogens is 422 g/mol. The van der Waals surface area contributed by atoms with Crippen LogP contribution in [0.3, 0.4) is 0 Å². The highest BCUT2D eigenvalue weighted by atomic mass is 127. The summed E-state index contributed by atoms with van der Waals surface area (Å²) in [4.78, 5) is 8.93. The van der Waals surface area contributed by atoms with E-state index >= 15 is 0 Å². The molecule has 1 aromatic rings. The zero-order valence-electron chi connectivity index (χ0n) is 14.6. The van der Waals surface area contributed by atoms with Gasteiger partial charge in [0, 0.05) is 33.2 Å². The van der Waals surface area contributed by atoms with E-state index in [1.54, 1.807) is 13.1 Å². The second kappa shape index (κ2) is 10.0. The Labute approximate surface area is 161 Å². The second-order valence-electron chi connectivity index (χ2n) is 5.99. The zero-order chi connectivity index (χ0) is 16.8. The number of rotatable bonds is 5. The lowest BCUT2D eigenvalue weighted by atomic mass is 10.2. The lowest BCUT2D eigenvalue weighted by Crippen LogP contribution is -2.45. The van der Waals surface area contributed by atoms with E-state index in [1.165, 1.54) is 31.5 Å². The van der Waals surface area contributed by atoms with Gasteiger partial charge in [0.05, 0.1) is 0 Å². The molecule has 1 fully saturated rings. The molecule has 0 spiro atoms. The second-order valence-corrected chi connectivity index (χ2v) is 5.99. The minimum Gasteiger partial charge on any atom is -0.505 e. The number of halogens is 2. The molecule has 0 bridgehead atoms. The highest BCUT2D eigenvalue weighted by Crippen LogP contribution is 2.18. The maximum absolute atomic E-state index is 13.4. The van der Waals surface area contributed by atoms with Crippen LogP contribution < -0.4 is 5.32 Å². The predicted octanol–water partition coefficient (Wildman–Crippen LogP) is 2.64. The fourth-order valence-electron chi connectivity index (χ4n) is 3.15. The molecule has 1 unspecified atom stereocenters. The molecule has 0 aromatic heterocycles. The van der Waals surface area contributed by atoms with Crippen molar-refractivity contribution < 1.29 is 9.50 Å². The average molecular weight is 450 g/mol. The van der Waals surface area contributed by atoms with Gasteiger partial charge in [-0.3, -0.25) is 9.89 Å². The molecule has 1 heterocycles. The van der Waals surface area contributed by atoms with Crippen molar-refractivity contribution >= 4 is 29.9 Å². The summed E-state index contributed by atoms with van der Waals surface area (Å²) in [6.07, 6.45) is 2.48. The van der Waals surface area contributed by atoms with E-state index in [0.717, 1.165) is 24.6 Å².